The van der Waals surface area contributed by atoms with Crippen LogP contribution >= 0.6 is 23.4 Å². The quantitative estimate of drug-likeness (QED) is 0.786. The fraction of sp³-hybridized carbons (Fsp3) is 0.538. The van der Waals surface area contributed by atoms with E-state index in [2.05, 4.69) is 11.2 Å². The van der Waals surface area contributed by atoms with E-state index in [9.17, 15) is 9.18 Å². The van der Waals surface area contributed by atoms with E-state index in [0.29, 0.717) is 18.3 Å². The lowest BCUT2D eigenvalue weighted by atomic mass is 10.2. The Bertz CT molecular complexity index is 472. The number of thioether (sulfide) groups is 1. The summed E-state index contributed by atoms with van der Waals surface area (Å²) in [4.78, 5) is 17.8. The van der Waals surface area contributed by atoms with E-state index in [1.807, 2.05) is 11.8 Å². The van der Waals surface area contributed by atoms with E-state index >= 15 is 0 Å². The van der Waals surface area contributed by atoms with Crippen molar-refractivity contribution in [3.63, 3.8) is 0 Å². The Morgan fingerprint density at radius 3 is 3.05 bits per heavy atom. The average molecular weight is 303 g/mol. The van der Waals surface area contributed by atoms with Crippen LogP contribution in [0.3, 0.4) is 0 Å². The minimum Gasteiger partial charge on any atom is -0.339 e. The molecular formula is C13H16ClFN2OS. The molecule has 0 bridgehead atoms. The van der Waals surface area contributed by atoms with Crippen LogP contribution in [0, 0.1) is 5.82 Å². The molecule has 1 aromatic heterocycles. The first kappa shape index (κ1) is 14.6. The highest BCUT2D eigenvalue weighted by Crippen LogP contribution is 2.23. The molecule has 1 aliphatic heterocycles. The summed E-state index contributed by atoms with van der Waals surface area (Å²) >= 11 is 7.72. The minimum absolute atomic E-state index is 0.0667. The lowest BCUT2D eigenvalue weighted by Crippen LogP contribution is -2.32. The monoisotopic (exact) mass is 302 g/mol. The van der Waals surface area contributed by atoms with Crippen molar-refractivity contribution in [2.45, 2.75) is 24.5 Å². The molecule has 1 aromatic rings. The van der Waals surface area contributed by atoms with E-state index in [1.54, 1.807) is 4.90 Å². The molecule has 1 fully saturated rings. The highest BCUT2D eigenvalue weighted by molar-refractivity contribution is 7.99. The number of carbonyl (C=O) groups is 1. The molecule has 104 valence electrons. The van der Waals surface area contributed by atoms with E-state index in [-0.39, 0.29) is 16.6 Å². The van der Waals surface area contributed by atoms with Gasteiger partial charge in [-0.25, -0.2) is 9.37 Å². The smallest absolute Gasteiger partial charge is 0.257 e. The molecule has 0 saturated carbocycles. The van der Waals surface area contributed by atoms with Gasteiger partial charge in [0.2, 0.25) is 0 Å². The minimum atomic E-state index is -0.537. The van der Waals surface area contributed by atoms with Gasteiger partial charge in [-0.15, -0.1) is 0 Å². The van der Waals surface area contributed by atoms with Crippen LogP contribution < -0.4 is 0 Å². The summed E-state index contributed by atoms with van der Waals surface area (Å²) in [6, 6.07) is 1.16. The SMILES string of the molecule is CSC1CCCN(C(=O)c2cc(F)cnc2Cl)CC1. The summed E-state index contributed by atoms with van der Waals surface area (Å²) in [7, 11) is 0. The number of hydrogen-bond donors (Lipinski definition) is 0. The molecular weight excluding hydrogens is 287 g/mol. The zero-order valence-corrected chi connectivity index (χ0v) is 12.3. The number of aromatic nitrogens is 1. The van der Waals surface area contributed by atoms with Gasteiger partial charge in [0.25, 0.3) is 5.91 Å². The van der Waals surface area contributed by atoms with Gasteiger partial charge in [0.15, 0.2) is 0 Å². The Morgan fingerprint density at radius 1 is 1.53 bits per heavy atom. The predicted octanol–water partition coefficient (Wildman–Crippen LogP) is 3.23. The molecule has 0 N–H and O–H groups in total. The van der Waals surface area contributed by atoms with Crippen LogP contribution in [0.15, 0.2) is 12.3 Å². The molecule has 19 heavy (non-hydrogen) atoms. The van der Waals surface area contributed by atoms with Gasteiger partial charge >= 0.3 is 0 Å². The summed E-state index contributed by atoms with van der Waals surface area (Å²) in [6.45, 7) is 1.39. The molecule has 1 saturated heterocycles. The third-order valence-electron chi connectivity index (χ3n) is 3.33. The molecule has 2 rings (SSSR count). The molecule has 0 aliphatic carbocycles. The van der Waals surface area contributed by atoms with Crippen molar-refractivity contribution in [1.82, 2.24) is 9.88 Å². The number of pyridine rings is 1. The maximum absolute atomic E-state index is 13.2. The number of likely N-dealkylation sites (tertiary alicyclic amines) is 1. The Labute approximate surface area is 121 Å². The maximum atomic E-state index is 13.2. The first-order valence-corrected chi connectivity index (χ1v) is 7.91. The number of hydrogen-bond acceptors (Lipinski definition) is 3. The second-order valence-electron chi connectivity index (χ2n) is 4.57. The van der Waals surface area contributed by atoms with Crippen LogP contribution in [0.5, 0.6) is 0 Å². The van der Waals surface area contributed by atoms with E-state index in [4.69, 9.17) is 11.6 Å². The number of amides is 1. The number of rotatable bonds is 2. The third kappa shape index (κ3) is 3.60. The van der Waals surface area contributed by atoms with Crippen molar-refractivity contribution in [1.29, 1.82) is 0 Å². The first-order chi connectivity index (χ1) is 9.11. The van der Waals surface area contributed by atoms with Crippen LogP contribution in [-0.4, -0.2) is 40.4 Å². The van der Waals surface area contributed by atoms with Crippen molar-refractivity contribution < 1.29 is 9.18 Å². The highest BCUT2D eigenvalue weighted by atomic mass is 35.5. The largest absolute Gasteiger partial charge is 0.339 e. The fourth-order valence-corrected chi connectivity index (χ4v) is 3.18. The zero-order chi connectivity index (χ0) is 13.8. The Hall–Kier alpha value is -0.810. The summed E-state index contributed by atoms with van der Waals surface area (Å²) < 4.78 is 13.2. The standard InChI is InChI=1S/C13H16ClFN2OS/c1-19-10-3-2-5-17(6-4-10)13(18)11-7-9(15)8-16-12(11)14/h7-8,10H,2-6H2,1H3. The topological polar surface area (TPSA) is 33.2 Å². The molecule has 3 nitrogen and oxygen atoms in total. The van der Waals surface area contributed by atoms with Crippen LogP contribution in [0.25, 0.3) is 0 Å². The molecule has 1 atom stereocenters. The zero-order valence-electron chi connectivity index (χ0n) is 10.7. The van der Waals surface area contributed by atoms with Crippen molar-refractivity contribution in [3.05, 3.63) is 28.8 Å². The van der Waals surface area contributed by atoms with Crippen molar-refractivity contribution >= 4 is 29.3 Å². The van der Waals surface area contributed by atoms with Gasteiger partial charge in [-0.2, -0.15) is 11.8 Å². The Morgan fingerprint density at radius 2 is 2.32 bits per heavy atom. The maximum Gasteiger partial charge on any atom is 0.257 e. The lowest BCUT2D eigenvalue weighted by Gasteiger charge is -2.20. The Kier molecular flexibility index (Phi) is 5.05. The van der Waals surface area contributed by atoms with Crippen molar-refractivity contribution in [2.24, 2.45) is 0 Å². The van der Waals surface area contributed by atoms with Crippen LogP contribution in [0.4, 0.5) is 4.39 Å². The van der Waals surface area contributed by atoms with Gasteiger partial charge < -0.3 is 4.90 Å². The fourth-order valence-electron chi connectivity index (χ4n) is 2.25. The predicted molar refractivity (Wildman–Crippen MR) is 76.3 cm³/mol. The molecule has 2 heterocycles. The number of nitrogens with zero attached hydrogens (tertiary/aromatic N) is 2. The van der Waals surface area contributed by atoms with Crippen LogP contribution in [0.2, 0.25) is 5.15 Å². The van der Waals surface area contributed by atoms with Crippen molar-refractivity contribution in [2.75, 3.05) is 19.3 Å². The van der Waals surface area contributed by atoms with E-state index in [0.717, 1.165) is 31.5 Å². The van der Waals surface area contributed by atoms with Gasteiger partial charge in [-0.1, -0.05) is 11.6 Å². The summed E-state index contributed by atoms with van der Waals surface area (Å²) in [5.74, 6) is -0.761. The Balaban J connectivity index is 2.13. The van der Waals surface area contributed by atoms with Gasteiger partial charge in [0.05, 0.1) is 11.8 Å². The molecule has 0 spiro atoms. The molecule has 0 aromatic carbocycles. The summed E-state index contributed by atoms with van der Waals surface area (Å²) in [6.07, 6.45) is 6.16. The van der Waals surface area contributed by atoms with Gasteiger partial charge in [-0.05, 0) is 31.6 Å². The van der Waals surface area contributed by atoms with Crippen molar-refractivity contribution in [3.8, 4) is 0 Å². The molecule has 6 heteroatoms. The van der Waals surface area contributed by atoms with Crippen LogP contribution in [-0.2, 0) is 0 Å². The first-order valence-electron chi connectivity index (χ1n) is 6.25. The molecule has 1 amide bonds. The molecule has 1 unspecified atom stereocenters. The van der Waals surface area contributed by atoms with E-state index < -0.39 is 5.82 Å². The third-order valence-corrected chi connectivity index (χ3v) is 4.77. The number of halogens is 2. The lowest BCUT2D eigenvalue weighted by molar-refractivity contribution is 0.0761. The van der Waals surface area contributed by atoms with Gasteiger partial charge in [-0.3, -0.25) is 4.79 Å². The molecule has 0 radical (unpaired) electrons. The second kappa shape index (κ2) is 6.57. The summed E-state index contributed by atoms with van der Waals surface area (Å²) in [5, 5.41) is 0.663. The van der Waals surface area contributed by atoms with Gasteiger partial charge in [0, 0.05) is 18.3 Å². The highest BCUT2D eigenvalue weighted by Gasteiger charge is 2.23. The average Bonchev–Trinajstić information content (AvgIpc) is 2.66. The van der Waals surface area contributed by atoms with E-state index in [1.165, 1.54) is 0 Å². The number of carbonyl (C=O) groups excluding carboxylic acids is 1. The van der Waals surface area contributed by atoms with Crippen LogP contribution in [0.1, 0.15) is 29.6 Å². The molecule has 1 aliphatic rings. The summed E-state index contributed by atoms with van der Waals surface area (Å²) in [5.41, 5.74) is 0.157. The normalized spacial score (nSPS) is 20.2. The second-order valence-corrected chi connectivity index (χ2v) is 6.07. The van der Waals surface area contributed by atoms with Gasteiger partial charge in [0.1, 0.15) is 11.0 Å².